The highest BCUT2D eigenvalue weighted by atomic mass is 19.1. The van der Waals surface area contributed by atoms with E-state index < -0.39 is 5.82 Å². The first-order chi connectivity index (χ1) is 14.9. The SMILES string of the molecule is CC1CCN(C(=O)[C@H]2CC(=O)N(c3ccc(C(=O)Nc4cccc(F)c4)cc3)C2)CC1. The summed E-state index contributed by atoms with van der Waals surface area (Å²) in [7, 11) is 0. The van der Waals surface area contributed by atoms with E-state index in [4.69, 9.17) is 0 Å². The van der Waals surface area contributed by atoms with Gasteiger partial charge in [-0.2, -0.15) is 0 Å². The molecule has 1 atom stereocenters. The first kappa shape index (κ1) is 21.0. The lowest BCUT2D eigenvalue weighted by molar-refractivity contribution is -0.137. The van der Waals surface area contributed by atoms with E-state index in [0.29, 0.717) is 29.4 Å². The average molecular weight is 423 g/mol. The van der Waals surface area contributed by atoms with Gasteiger partial charge in [-0.25, -0.2) is 4.39 Å². The number of rotatable bonds is 4. The van der Waals surface area contributed by atoms with E-state index in [2.05, 4.69) is 12.2 Å². The quantitative estimate of drug-likeness (QED) is 0.816. The number of anilines is 2. The van der Waals surface area contributed by atoms with Crippen LogP contribution in [0.25, 0.3) is 0 Å². The zero-order valence-corrected chi connectivity index (χ0v) is 17.5. The Kier molecular flexibility index (Phi) is 6.02. The third-order valence-corrected chi connectivity index (χ3v) is 6.09. The van der Waals surface area contributed by atoms with Crippen LogP contribution in [0.5, 0.6) is 0 Å². The molecule has 31 heavy (non-hydrogen) atoms. The summed E-state index contributed by atoms with van der Waals surface area (Å²) in [5.41, 5.74) is 1.43. The number of carbonyl (C=O) groups is 3. The van der Waals surface area contributed by atoms with Gasteiger partial charge in [0.2, 0.25) is 11.8 Å². The van der Waals surface area contributed by atoms with Crippen LogP contribution in [-0.4, -0.2) is 42.3 Å². The van der Waals surface area contributed by atoms with Gasteiger partial charge < -0.3 is 15.1 Å². The lowest BCUT2D eigenvalue weighted by Gasteiger charge is -2.32. The van der Waals surface area contributed by atoms with E-state index in [1.807, 2.05) is 4.90 Å². The van der Waals surface area contributed by atoms with Crippen LogP contribution in [0.2, 0.25) is 0 Å². The summed E-state index contributed by atoms with van der Waals surface area (Å²) in [4.78, 5) is 41.3. The molecule has 1 N–H and O–H groups in total. The Hall–Kier alpha value is -3.22. The Bertz CT molecular complexity index is 984. The maximum absolute atomic E-state index is 13.3. The Morgan fingerprint density at radius 1 is 1.06 bits per heavy atom. The Morgan fingerprint density at radius 3 is 2.45 bits per heavy atom. The highest BCUT2D eigenvalue weighted by molar-refractivity contribution is 6.05. The molecule has 0 aromatic heterocycles. The van der Waals surface area contributed by atoms with Crippen LogP contribution >= 0.6 is 0 Å². The highest BCUT2D eigenvalue weighted by Gasteiger charge is 2.37. The van der Waals surface area contributed by atoms with Gasteiger partial charge in [0, 0.05) is 43.0 Å². The molecule has 3 amide bonds. The summed E-state index contributed by atoms with van der Waals surface area (Å²) >= 11 is 0. The second-order valence-corrected chi connectivity index (χ2v) is 8.42. The molecule has 0 unspecified atom stereocenters. The largest absolute Gasteiger partial charge is 0.342 e. The van der Waals surface area contributed by atoms with Crippen LogP contribution in [0.1, 0.15) is 36.5 Å². The van der Waals surface area contributed by atoms with Crippen LogP contribution in [0.15, 0.2) is 48.5 Å². The predicted octanol–water partition coefficient (Wildman–Crippen LogP) is 3.69. The minimum Gasteiger partial charge on any atom is -0.342 e. The molecule has 2 saturated heterocycles. The third kappa shape index (κ3) is 4.76. The fraction of sp³-hybridized carbons (Fsp3) is 0.375. The molecular formula is C24H26FN3O3. The number of piperidine rings is 1. The lowest BCUT2D eigenvalue weighted by atomic mass is 9.97. The van der Waals surface area contributed by atoms with Gasteiger partial charge in [0.15, 0.2) is 0 Å². The fourth-order valence-corrected chi connectivity index (χ4v) is 4.17. The molecule has 2 aromatic rings. The molecule has 2 aliphatic rings. The summed E-state index contributed by atoms with van der Waals surface area (Å²) in [6.45, 7) is 4.09. The summed E-state index contributed by atoms with van der Waals surface area (Å²) in [6.07, 6.45) is 2.23. The molecule has 2 aliphatic heterocycles. The van der Waals surface area contributed by atoms with Crippen molar-refractivity contribution in [3.8, 4) is 0 Å². The van der Waals surface area contributed by atoms with Gasteiger partial charge in [-0.05, 0) is 61.2 Å². The van der Waals surface area contributed by atoms with Crippen LogP contribution < -0.4 is 10.2 Å². The van der Waals surface area contributed by atoms with E-state index in [-0.39, 0.29) is 30.1 Å². The number of nitrogens with one attached hydrogen (secondary N) is 1. The molecule has 2 heterocycles. The van der Waals surface area contributed by atoms with Gasteiger partial charge in [-0.3, -0.25) is 14.4 Å². The number of hydrogen-bond acceptors (Lipinski definition) is 3. The summed E-state index contributed by atoms with van der Waals surface area (Å²) in [5.74, 6) is -0.491. The number of halogens is 1. The minimum absolute atomic E-state index is 0.0637. The van der Waals surface area contributed by atoms with Crippen LogP contribution in [-0.2, 0) is 9.59 Å². The van der Waals surface area contributed by atoms with Crippen molar-refractivity contribution >= 4 is 29.1 Å². The molecule has 0 aliphatic carbocycles. The van der Waals surface area contributed by atoms with E-state index in [1.54, 1.807) is 35.2 Å². The molecular weight excluding hydrogens is 397 g/mol. The molecule has 0 radical (unpaired) electrons. The van der Waals surface area contributed by atoms with Gasteiger partial charge in [0.1, 0.15) is 5.82 Å². The molecule has 162 valence electrons. The standard InChI is InChI=1S/C24H26FN3O3/c1-16-9-11-27(12-10-16)24(31)18-13-22(29)28(15-18)21-7-5-17(6-8-21)23(30)26-20-4-2-3-19(25)14-20/h2-8,14,16,18H,9-13,15H2,1H3,(H,26,30)/t18-/m0/s1. The van der Waals surface area contributed by atoms with E-state index in [1.165, 1.54) is 18.2 Å². The van der Waals surface area contributed by atoms with Crippen molar-refractivity contribution in [3.05, 3.63) is 59.9 Å². The molecule has 4 rings (SSSR count). The zero-order valence-electron chi connectivity index (χ0n) is 17.5. The molecule has 6 nitrogen and oxygen atoms in total. The van der Waals surface area contributed by atoms with E-state index >= 15 is 0 Å². The van der Waals surface area contributed by atoms with Gasteiger partial charge in [-0.1, -0.05) is 13.0 Å². The predicted molar refractivity (Wildman–Crippen MR) is 116 cm³/mol. The number of hydrogen-bond donors (Lipinski definition) is 1. The maximum atomic E-state index is 13.3. The van der Waals surface area contributed by atoms with Crippen LogP contribution in [0.4, 0.5) is 15.8 Å². The van der Waals surface area contributed by atoms with E-state index in [9.17, 15) is 18.8 Å². The molecule has 7 heteroatoms. The van der Waals surface area contributed by atoms with Gasteiger partial charge >= 0.3 is 0 Å². The number of likely N-dealkylation sites (tertiary alicyclic amines) is 1. The summed E-state index contributed by atoms with van der Waals surface area (Å²) in [6, 6.07) is 12.3. The first-order valence-electron chi connectivity index (χ1n) is 10.7. The third-order valence-electron chi connectivity index (χ3n) is 6.09. The lowest BCUT2D eigenvalue weighted by Crippen LogP contribution is -2.42. The fourth-order valence-electron chi connectivity index (χ4n) is 4.17. The van der Waals surface area contributed by atoms with E-state index in [0.717, 1.165) is 25.9 Å². The Balaban J connectivity index is 1.39. The van der Waals surface area contributed by atoms with Gasteiger partial charge in [-0.15, -0.1) is 0 Å². The summed E-state index contributed by atoms with van der Waals surface area (Å²) in [5, 5.41) is 2.65. The zero-order chi connectivity index (χ0) is 22.0. The molecule has 2 aromatic carbocycles. The topological polar surface area (TPSA) is 69.7 Å². The monoisotopic (exact) mass is 423 g/mol. The van der Waals surface area contributed by atoms with Crippen LogP contribution in [0, 0.1) is 17.7 Å². The van der Waals surface area contributed by atoms with Crippen LogP contribution in [0.3, 0.4) is 0 Å². The normalized spacial score (nSPS) is 19.5. The second-order valence-electron chi connectivity index (χ2n) is 8.42. The molecule has 0 spiro atoms. The van der Waals surface area contributed by atoms with Crippen molar-refractivity contribution in [2.45, 2.75) is 26.2 Å². The van der Waals surface area contributed by atoms with Crippen molar-refractivity contribution < 1.29 is 18.8 Å². The molecule has 0 saturated carbocycles. The molecule has 2 fully saturated rings. The molecule has 0 bridgehead atoms. The number of carbonyl (C=O) groups excluding carboxylic acids is 3. The highest BCUT2D eigenvalue weighted by Crippen LogP contribution is 2.28. The van der Waals surface area contributed by atoms with Crippen molar-refractivity contribution in [3.63, 3.8) is 0 Å². The Labute approximate surface area is 181 Å². The maximum Gasteiger partial charge on any atom is 0.255 e. The average Bonchev–Trinajstić information content (AvgIpc) is 3.15. The minimum atomic E-state index is -0.427. The summed E-state index contributed by atoms with van der Waals surface area (Å²) < 4.78 is 13.3. The number of amides is 3. The van der Waals surface area contributed by atoms with Crippen molar-refractivity contribution in [1.29, 1.82) is 0 Å². The van der Waals surface area contributed by atoms with Gasteiger partial charge in [0.05, 0.1) is 5.92 Å². The smallest absolute Gasteiger partial charge is 0.255 e. The van der Waals surface area contributed by atoms with Gasteiger partial charge in [0.25, 0.3) is 5.91 Å². The van der Waals surface area contributed by atoms with Crippen molar-refractivity contribution in [2.75, 3.05) is 29.9 Å². The van der Waals surface area contributed by atoms with Crippen molar-refractivity contribution in [2.24, 2.45) is 11.8 Å². The number of benzene rings is 2. The number of nitrogens with zero attached hydrogens (tertiary/aromatic N) is 2. The van der Waals surface area contributed by atoms with Crippen molar-refractivity contribution in [1.82, 2.24) is 4.90 Å². The Morgan fingerprint density at radius 2 is 1.77 bits per heavy atom. The first-order valence-corrected chi connectivity index (χ1v) is 10.7. The second kappa shape index (κ2) is 8.88.